The van der Waals surface area contributed by atoms with Gasteiger partial charge in [-0.05, 0) is 33.1 Å². The summed E-state index contributed by atoms with van der Waals surface area (Å²) in [4.78, 5) is 11.5. The summed E-state index contributed by atoms with van der Waals surface area (Å²) in [5.74, 6) is -2.56. The average Bonchev–Trinajstić information content (AvgIpc) is 2.71. The van der Waals surface area contributed by atoms with E-state index in [4.69, 9.17) is 9.47 Å². The van der Waals surface area contributed by atoms with Crippen molar-refractivity contribution in [2.24, 2.45) is 17.8 Å². The third-order valence-electron chi connectivity index (χ3n) is 3.39. The first-order valence-corrected chi connectivity index (χ1v) is 6.22. The molecule has 3 nitrogen and oxygen atoms in total. The highest BCUT2D eigenvalue weighted by molar-refractivity contribution is 5.61. The molecule has 0 saturated heterocycles. The molecule has 108 valence electrons. The van der Waals surface area contributed by atoms with Gasteiger partial charge in [0.05, 0.1) is 5.92 Å². The first kappa shape index (κ1) is 14.2. The van der Waals surface area contributed by atoms with Crippen molar-refractivity contribution in [3.8, 4) is 0 Å². The molecule has 19 heavy (non-hydrogen) atoms. The maximum Gasteiger partial charge on any atom is 0.509 e. The van der Waals surface area contributed by atoms with Crippen LogP contribution < -0.4 is 0 Å². The number of allylic oxidation sites excluding steroid dienone is 1. The molecular weight excluding hydrogens is 261 g/mol. The smallest absolute Gasteiger partial charge is 0.430 e. The first-order valence-electron chi connectivity index (χ1n) is 6.22. The zero-order valence-corrected chi connectivity index (χ0v) is 11.0. The lowest BCUT2D eigenvalue weighted by Crippen LogP contribution is -2.40. The van der Waals surface area contributed by atoms with Crippen molar-refractivity contribution >= 4 is 6.16 Å². The minimum Gasteiger partial charge on any atom is -0.430 e. The van der Waals surface area contributed by atoms with Crippen LogP contribution in [0.1, 0.15) is 27.2 Å². The SMILES string of the molecule is CC(C)(C)OC(=O)OC1C2C=CC(C2)C1C(F)(F)F. The van der Waals surface area contributed by atoms with Crippen LogP contribution in [0.2, 0.25) is 0 Å². The molecule has 2 rings (SSSR count). The van der Waals surface area contributed by atoms with E-state index >= 15 is 0 Å². The monoisotopic (exact) mass is 278 g/mol. The second-order valence-corrected chi connectivity index (χ2v) is 6.06. The van der Waals surface area contributed by atoms with E-state index in [1.165, 1.54) is 0 Å². The molecule has 0 aromatic rings. The van der Waals surface area contributed by atoms with Crippen LogP contribution in [-0.2, 0) is 9.47 Å². The van der Waals surface area contributed by atoms with E-state index in [1.54, 1.807) is 32.9 Å². The summed E-state index contributed by atoms with van der Waals surface area (Å²) in [6.07, 6.45) is -2.91. The van der Waals surface area contributed by atoms with Gasteiger partial charge in [-0.15, -0.1) is 0 Å². The number of halogens is 3. The Hall–Kier alpha value is -1.20. The van der Waals surface area contributed by atoms with Crippen molar-refractivity contribution in [1.82, 2.24) is 0 Å². The predicted molar refractivity (Wildman–Crippen MR) is 61.4 cm³/mol. The lowest BCUT2D eigenvalue weighted by Gasteiger charge is -2.30. The summed E-state index contributed by atoms with van der Waals surface area (Å²) in [6, 6.07) is 0. The van der Waals surface area contributed by atoms with Crippen molar-refractivity contribution < 1.29 is 27.4 Å². The lowest BCUT2D eigenvalue weighted by molar-refractivity contribution is -0.206. The molecule has 0 aliphatic heterocycles. The van der Waals surface area contributed by atoms with Crippen LogP contribution in [0.5, 0.6) is 0 Å². The van der Waals surface area contributed by atoms with E-state index in [9.17, 15) is 18.0 Å². The molecule has 2 aliphatic rings. The van der Waals surface area contributed by atoms with Gasteiger partial charge in [-0.3, -0.25) is 0 Å². The van der Waals surface area contributed by atoms with Gasteiger partial charge in [0.15, 0.2) is 0 Å². The van der Waals surface area contributed by atoms with Gasteiger partial charge in [-0.1, -0.05) is 12.2 Å². The molecule has 0 radical (unpaired) electrons. The number of rotatable bonds is 1. The van der Waals surface area contributed by atoms with Crippen LogP contribution in [-0.4, -0.2) is 24.0 Å². The van der Waals surface area contributed by atoms with Crippen molar-refractivity contribution in [3.63, 3.8) is 0 Å². The van der Waals surface area contributed by atoms with Crippen molar-refractivity contribution in [3.05, 3.63) is 12.2 Å². The number of hydrogen-bond acceptors (Lipinski definition) is 3. The van der Waals surface area contributed by atoms with Crippen LogP contribution in [0.15, 0.2) is 12.2 Å². The second-order valence-electron chi connectivity index (χ2n) is 6.06. The van der Waals surface area contributed by atoms with Crippen LogP contribution in [0.25, 0.3) is 0 Å². The van der Waals surface area contributed by atoms with Crippen molar-refractivity contribution in [2.45, 2.75) is 45.1 Å². The Kier molecular flexibility index (Phi) is 3.31. The largest absolute Gasteiger partial charge is 0.509 e. The topological polar surface area (TPSA) is 35.5 Å². The number of carbonyl (C=O) groups is 1. The second kappa shape index (κ2) is 4.42. The molecule has 2 aliphatic carbocycles. The number of alkyl halides is 3. The molecule has 2 bridgehead atoms. The van der Waals surface area contributed by atoms with Crippen molar-refractivity contribution in [2.75, 3.05) is 0 Å². The molecule has 1 fully saturated rings. The van der Waals surface area contributed by atoms with Crippen molar-refractivity contribution in [1.29, 1.82) is 0 Å². The van der Waals surface area contributed by atoms with E-state index in [0.717, 1.165) is 0 Å². The maximum absolute atomic E-state index is 13.0. The Morgan fingerprint density at radius 3 is 2.26 bits per heavy atom. The van der Waals surface area contributed by atoms with E-state index in [2.05, 4.69) is 0 Å². The minimum absolute atomic E-state index is 0.357. The van der Waals surface area contributed by atoms with Gasteiger partial charge in [-0.2, -0.15) is 13.2 Å². The summed E-state index contributed by atoms with van der Waals surface area (Å²) in [6.45, 7) is 4.91. The zero-order valence-electron chi connectivity index (χ0n) is 11.0. The predicted octanol–water partition coefficient (Wildman–Crippen LogP) is 3.69. The highest BCUT2D eigenvalue weighted by Crippen LogP contribution is 2.52. The van der Waals surface area contributed by atoms with Gasteiger partial charge in [0.1, 0.15) is 11.7 Å². The summed E-state index contributed by atoms with van der Waals surface area (Å²) in [5.41, 5.74) is -0.779. The summed E-state index contributed by atoms with van der Waals surface area (Å²) in [7, 11) is 0. The Balaban J connectivity index is 2.07. The lowest BCUT2D eigenvalue weighted by atomic mass is 9.90. The summed E-state index contributed by atoms with van der Waals surface area (Å²) < 4.78 is 48.8. The maximum atomic E-state index is 13.0. The molecule has 0 aromatic carbocycles. The fourth-order valence-electron chi connectivity index (χ4n) is 2.75. The first-order chi connectivity index (χ1) is 8.58. The summed E-state index contributed by atoms with van der Waals surface area (Å²) >= 11 is 0. The molecule has 1 saturated carbocycles. The Labute approximate surface area is 109 Å². The molecule has 0 heterocycles. The van der Waals surface area contributed by atoms with Crippen LogP contribution in [0.3, 0.4) is 0 Å². The van der Waals surface area contributed by atoms with E-state index < -0.39 is 35.9 Å². The zero-order chi connectivity index (χ0) is 14.4. The molecule has 0 aromatic heterocycles. The van der Waals surface area contributed by atoms with E-state index in [0.29, 0.717) is 6.42 Å². The molecule has 0 N–H and O–H groups in total. The van der Waals surface area contributed by atoms with Gasteiger partial charge < -0.3 is 9.47 Å². The minimum atomic E-state index is -4.36. The van der Waals surface area contributed by atoms with Gasteiger partial charge >= 0.3 is 12.3 Å². The van der Waals surface area contributed by atoms with Crippen LogP contribution in [0, 0.1) is 17.8 Å². The Morgan fingerprint density at radius 2 is 1.74 bits per heavy atom. The number of carbonyl (C=O) groups excluding carboxylic acids is 1. The van der Waals surface area contributed by atoms with Crippen LogP contribution >= 0.6 is 0 Å². The average molecular weight is 278 g/mol. The normalized spacial score (nSPS) is 33.6. The third kappa shape index (κ3) is 3.04. The Bertz CT molecular complexity index is 395. The highest BCUT2D eigenvalue weighted by Gasteiger charge is 2.59. The number of fused-ring (bicyclic) bond motifs is 2. The van der Waals surface area contributed by atoms with Gasteiger partial charge in [0.25, 0.3) is 0 Å². The standard InChI is InChI=1S/C13H17F3O3/c1-12(2,3)19-11(17)18-10-8-5-4-7(6-8)9(10)13(14,15)16/h4-5,7-10H,6H2,1-3H3. The molecule has 4 unspecified atom stereocenters. The fraction of sp³-hybridized carbons (Fsp3) is 0.769. The van der Waals surface area contributed by atoms with Gasteiger partial charge in [-0.25, -0.2) is 4.79 Å². The molecule has 0 spiro atoms. The van der Waals surface area contributed by atoms with Gasteiger partial charge in [0.2, 0.25) is 0 Å². The van der Waals surface area contributed by atoms with E-state index in [-0.39, 0.29) is 5.92 Å². The number of ether oxygens (including phenoxy) is 2. The fourth-order valence-corrected chi connectivity index (χ4v) is 2.75. The van der Waals surface area contributed by atoms with Crippen LogP contribution in [0.4, 0.5) is 18.0 Å². The number of hydrogen-bond donors (Lipinski definition) is 0. The molecule has 4 atom stereocenters. The van der Waals surface area contributed by atoms with Gasteiger partial charge in [0, 0.05) is 5.92 Å². The Morgan fingerprint density at radius 1 is 1.16 bits per heavy atom. The third-order valence-corrected chi connectivity index (χ3v) is 3.39. The van der Waals surface area contributed by atoms with E-state index in [1.807, 2.05) is 0 Å². The molecular formula is C13H17F3O3. The summed E-state index contributed by atoms with van der Waals surface area (Å²) in [5, 5.41) is 0. The molecule has 6 heteroatoms. The highest BCUT2D eigenvalue weighted by atomic mass is 19.4. The quantitative estimate of drug-likeness (QED) is 0.542. The molecule has 0 amide bonds.